The van der Waals surface area contributed by atoms with E-state index >= 15 is 0 Å². The Bertz CT molecular complexity index is 582. The lowest BCUT2D eigenvalue weighted by Crippen LogP contribution is -2.28. The first-order valence-electron chi connectivity index (χ1n) is 5.98. The molecule has 0 saturated carbocycles. The van der Waals surface area contributed by atoms with E-state index in [1.807, 2.05) is 17.5 Å². The van der Waals surface area contributed by atoms with Crippen molar-refractivity contribution < 1.29 is 4.79 Å². The first kappa shape index (κ1) is 13.3. The van der Waals surface area contributed by atoms with Crippen LogP contribution in [0.15, 0.2) is 41.8 Å². The van der Waals surface area contributed by atoms with Gasteiger partial charge in [-0.05, 0) is 42.1 Å². The zero-order chi connectivity index (χ0) is 13.7. The molecule has 0 saturated heterocycles. The average molecular weight is 270 g/mol. The third-order valence-electron chi connectivity index (χ3n) is 2.88. The van der Waals surface area contributed by atoms with Crippen LogP contribution in [-0.4, -0.2) is 24.4 Å². The van der Waals surface area contributed by atoms with E-state index in [1.165, 1.54) is 4.88 Å². The van der Waals surface area contributed by atoms with Gasteiger partial charge in [-0.25, -0.2) is 0 Å². The summed E-state index contributed by atoms with van der Waals surface area (Å²) in [4.78, 5) is 15.1. The molecule has 2 rings (SSSR count). The van der Waals surface area contributed by atoms with Gasteiger partial charge in [0.2, 0.25) is 0 Å². The van der Waals surface area contributed by atoms with Gasteiger partial charge in [0.25, 0.3) is 5.91 Å². The number of benzene rings is 1. The van der Waals surface area contributed by atoms with Crippen molar-refractivity contribution in [2.45, 2.75) is 6.42 Å². The molecule has 2 aromatic rings. The topological polar surface area (TPSA) is 44.1 Å². The molecule has 0 unspecified atom stereocenters. The zero-order valence-electron chi connectivity index (χ0n) is 10.7. The molecule has 0 aliphatic carbocycles. The van der Waals surface area contributed by atoms with Gasteiger partial charge in [0.05, 0.1) is 11.6 Å². The molecule has 0 aliphatic rings. The molecule has 1 amide bonds. The van der Waals surface area contributed by atoms with Gasteiger partial charge in [0.1, 0.15) is 0 Å². The molecule has 4 heteroatoms. The molecule has 0 radical (unpaired) electrons. The van der Waals surface area contributed by atoms with Gasteiger partial charge in [0.15, 0.2) is 0 Å². The predicted molar refractivity (Wildman–Crippen MR) is 76.1 cm³/mol. The van der Waals surface area contributed by atoms with Gasteiger partial charge in [-0.2, -0.15) is 5.26 Å². The van der Waals surface area contributed by atoms with E-state index in [4.69, 9.17) is 5.26 Å². The van der Waals surface area contributed by atoms with Crippen molar-refractivity contribution in [3.05, 3.63) is 57.8 Å². The van der Waals surface area contributed by atoms with E-state index in [-0.39, 0.29) is 5.91 Å². The van der Waals surface area contributed by atoms with Crippen LogP contribution in [-0.2, 0) is 6.42 Å². The van der Waals surface area contributed by atoms with Gasteiger partial charge in [-0.1, -0.05) is 6.07 Å². The van der Waals surface area contributed by atoms with Crippen LogP contribution >= 0.6 is 11.3 Å². The van der Waals surface area contributed by atoms with Crippen LogP contribution in [0.3, 0.4) is 0 Å². The molecular formula is C15H14N2OS. The number of amides is 1. The number of likely N-dealkylation sites (N-methyl/N-ethyl adjacent to an activating group) is 1. The smallest absolute Gasteiger partial charge is 0.253 e. The van der Waals surface area contributed by atoms with Crippen molar-refractivity contribution in [3.8, 4) is 6.07 Å². The maximum Gasteiger partial charge on any atom is 0.253 e. The quantitative estimate of drug-likeness (QED) is 0.857. The van der Waals surface area contributed by atoms with E-state index < -0.39 is 0 Å². The Kier molecular flexibility index (Phi) is 4.32. The number of thiophene rings is 1. The third kappa shape index (κ3) is 3.43. The lowest BCUT2D eigenvalue weighted by atomic mass is 10.1. The van der Waals surface area contributed by atoms with Gasteiger partial charge in [-0.15, -0.1) is 11.3 Å². The largest absolute Gasteiger partial charge is 0.341 e. The summed E-state index contributed by atoms with van der Waals surface area (Å²) in [5, 5.41) is 10.8. The highest BCUT2D eigenvalue weighted by Gasteiger charge is 2.11. The summed E-state index contributed by atoms with van der Waals surface area (Å²) < 4.78 is 0. The van der Waals surface area contributed by atoms with Gasteiger partial charge in [0, 0.05) is 24.0 Å². The second-order valence-corrected chi connectivity index (χ2v) is 5.28. The predicted octanol–water partition coefficient (Wildman–Crippen LogP) is 2.93. The number of nitrogens with zero attached hydrogens (tertiary/aromatic N) is 2. The molecular weight excluding hydrogens is 256 g/mol. The Hall–Kier alpha value is -2.12. The fraction of sp³-hybridized carbons (Fsp3) is 0.200. The summed E-state index contributed by atoms with van der Waals surface area (Å²) >= 11 is 1.70. The van der Waals surface area contributed by atoms with Crippen LogP contribution < -0.4 is 0 Å². The lowest BCUT2D eigenvalue weighted by molar-refractivity contribution is 0.0797. The van der Waals surface area contributed by atoms with Gasteiger partial charge < -0.3 is 4.90 Å². The Labute approximate surface area is 116 Å². The molecule has 0 atom stereocenters. The number of nitriles is 1. The molecule has 0 N–H and O–H groups in total. The summed E-state index contributed by atoms with van der Waals surface area (Å²) in [7, 11) is 1.80. The summed E-state index contributed by atoms with van der Waals surface area (Å²) in [6.45, 7) is 0.694. The molecule has 3 nitrogen and oxygen atoms in total. The van der Waals surface area contributed by atoms with Crippen LogP contribution in [0, 0.1) is 11.3 Å². The maximum atomic E-state index is 12.2. The summed E-state index contributed by atoms with van der Waals surface area (Å²) in [5.74, 6) is -0.0129. The lowest BCUT2D eigenvalue weighted by Gasteiger charge is -2.16. The van der Waals surface area contributed by atoms with Crippen LogP contribution in [0.2, 0.25) is 0 Å². The first-order chi connectivity index (χ1) is 9.20. The standard InChI is InChI=1S/C15H14N2OS/c1-17(9-8-14-3-2-10-19-14)15(18)13-6-4-12(11-16)5-7-13/h2-7,10H,8-9H2,1H3. The number of rotatable bonds is 4. The maximum absolute atomic E-state index is 12.2. The minimum atomic E-state index is -0.0129. The SMILES string of the molecule is CN(CCc1cccs1)C(=O)c1ccc(C#N)cc1. The Morgan fingerprint density at radius 2 is 2.05 bits per heavy atom. The van der Waals surface area contributed by atoms with Crippen LogP contribution in [0.5, 0.6) is 0 Å². The number of hydrogen-bond acceptors (Lipinski definition) is 3. The fourth-order valence-electron chi connectivity index (χ4n) is 1.74. The highest BCUT2D eigenvalue weighted by Crippen LogP contribution is 2.11. The zero-order valence-corrected chi connectivity index (χ0v) is 11.5. The van der Waals surface area contributed by atoms with E-state index in [1.54, 1.807) is 47.5 Å². The number of carbonyl (C=O) groups excluding carboxylic acids is 1. The average Bonchev–Trinajstić information content (AvgIpc) is 2.97. The van der Waals surface area contributed by atoms with E-state index in [0.29, 0.717) is 17.7 Å². The molecule has 0 fully saturated rings. The van der Waals surface area contributed by atoms with Crippen molar-refractivity contribution in [1.82, 2.24) is 4.90 Å². The molecule has 1 aromatic heterocycles. The second kappa shape index (κ2) is 6.17. The molecule has 19 heavy (non-hydrogen) atoms. The van der Waals surface area contributed by atoms with Crippen molar-refractivity contribution in [1.29, 1.82) is 5.26 Å². The van der Waals surface area contributed by atoms with Crippen molar-refractivity contribution in [3.63, 3.8) is 0 Å². The summed E-state index contributed by atoms with van der Waals surface area (Å²) in [6.07, 6.45) is 0.871. The third-order valence-corrected chi connectivity index (χ3v) is 3.82. The first-order valence-corrected chi connectivity index (χ1v) is 6.86. The van der Waals surface area contributed by atoms with Crippen molar-refractivity contribution in [2.24, 2.45) is 0 Å². The van der Waals surface area contributed by atoms with Crippen LogP contribution in [0.4, 0.5) is 0 Å². The Morgan fingerprint density at radius 1 is 1.32 bits per heavy atom. The molecule has 0 aliphatic heterocycles. The summed E-state index contributed by atoms with van der Waals surface area (Å²) in [5.41, 5.74) is 1.19. The van der Waals surface area contributed by atoms with E-state index in [9.17, 15) is 4.79 Å². The Morgan fingerprint density at radius 3 is 2.63 bits per heavy atom. The van der Waals surface area contributed by atoms with Crippen LogP contribution in [0.1, 0.15) is 20.8 Å². The van der Waals surface area contributed by atoms with E-state index in [0.717, 1.165) is 6.42 Å². The molecule has 0 bridgehead atoms. The molecule has 0 spiro atoms. The van der Waals surface area contributed by atoms with Crippen molar-refractivity contribution in [2.75, 3.05) is 13.6 Å². The number of hydrogen-bond donors (Lipinski definition) is 0. The van der Waals surface area contributed by atoms with Gasteiger partial charge >= 0.3 is 0 Å². The summed E-state index contributed by atoms with van der Waals surface area (Å²) in [6, 6.07) is 12.9. The number of carbonyl (C=O) groups is 1. The Balaban J connectivity index is 1.96. The minimum Gasteiger partial charge on any atom is -0.341 e. The fourth-order valence-corrected chi connectivity index (χ4v) is 2.44. The normalized spacial score (nSPS) is 9.89. The molecule has 1 heterocycles. The minimum absolute atomic E-state index is 0.0129. The van der Waals surface area contributed by atoms with Crippen molar-refractivity contribution >= 4 is 17.2 Å². The molecule has 1 aromatic carbocycles. The monoisotopic (exact) mass is 270 g/mol. The highest BCUT2D eigenvalue weighted by molar-refractivity contribution is 7.09. The van der Waals surface area contributed by atoms with Crippen LogP contribution in [0.25, 0.3) is 0 Å². The molecule has 96 valence electrons. The van der Waals surface area contributed by atoms with Gasteiger partial charge in [-0.3, -0.25) is 4.79 Å². The highest BCUT2D eigenvalue weighted by atomic mass is 32.1. The second-order valence-electron chi connectivity index (χ2n) is 4.25. The van der Waals surface area contributed by atoms with E-state index in [2.05, 4.69) is 6.07 Å².